The van der Waals surface area contributed by atoms with E-state index in [-0.39, 0.29) is 23.7 Å². The molecule has 0 saturated carbocycles. The number of carbonyl (C=O) groups excluding carboxylic acids is 1. The lowest BCUT2D eigenvalue weighted by Crippen LogP contribution is -2.53. The molecule has 1 amide bonds. The number of carbonyl (C=O) groups is 1. The number of benzene rings is 2. The van der Waals surface area contributed by atoms with E-state index in [0.29, 0.717) is 11.8 Å². The number of nitrogens with zero attached hydrogens (tertiary/aromatic N) is 1. The van der Waals surface area contributed by atoms with E-state index < -0.39 is 0 Å². The predicted octanol–water partition coefficient (Wildman–Crippen LogP) is 6.00. The maximum Gasteiger partial charge on any atom is 0.407 e. The maximum absolute atomic E-state index is 13.0. The summed E-state index contributed by atoms with van der Waals surface area (Å²) in [6.45, 7) is 12.1. The topological polar surface area (TPSA) is 50.8 Å². The van der Waals surface area contributed by atoms with Crippen molar-refractivity contribution >= 4 is 6.09 Å². The zero-order valence-corrected chi connectivity index (χ0v) is 21.9. The van der Waals surface area contributed by atoms with Crippen LogP contribution in [0.1, 0.15) is 63.3 Å². The highest BCUT2D eigenvalue weighted by molar-refractivity contribution is 5.74. The molecule has 6 rings (SSSR count). The number of hydrogen-bond acceptors (Lipinski definition) is 4. The van der Waals surface area contributed by atoms with Gasteiger partial charge >= 0.3 is 6.09 Å². The summed E-state index contributed by atoms with van der Waals surface area (Å²) in [5.74, 6) is 1.99. The zero-order valence-electron chi connectivity index (χ0n) is 21.9. The molecule has 1 aliphatic carbocycles. The van der Waals surface area contributed by atoms with Crippen molar-refractivity contribution in [3.63, 3.8) is 0 Å². The summed E-state index contributed by atoms with van der Waals surface area (Å²) >= 11 is 0. The first-order chi connectivity index (χ1) is 16.7. The molecular formula is C30H40N2O3. The molecule has 5 heteroatoms. The number of methoxy groups -OCH3 is 1. The van der Waals surface area contributed by atoms with Crippen molar-refractivity contribution < 1.29 is 14.3 Å². The molecule has 0 aromatic heterocycles. The molecular weight excluding hydrogens is 436 g/mol. The average molecular weight is 477 g/mol. The normalized spacial score (nSPS) is 26.5. The first kappa shape index (κ1) is 24.2. The summed E-state index contributed by atoms with van der Waals surface area (Å²) < 4.78 is 11.8. The molecule has 2 bridgehead atoms. The Bertz CT molecular complexity index is 1070. The monoisotopic (exact) mass is 476 g/mol. The van der Waals surface area contributed by atoms with E-state index in [9.17, 15) is 4.79 Å². The van der Waals surface area contributed by atoms with Crippen LogP contribution in [0.15, 0.2) is 36.4 Å². The number of hydrogen-bond donors (Lipinski definition) is 1. The Balaban J connectivity index is 1.36. The van der Waals surface area contributed by atoms with E-state index in [1.54, 1.807) is 7.11 Å². The lowest BCUT2D eigenvalue weighted by Gasteiger charge is -2.44. The van der Waals surface area contributed by atoms with Crippen LogP contribution in [0.3, 0.4) is 0 Å². The minimum atomic E-state index is -0.293. The molecule has 1 N–H and O–H groups in total. The first-order valence-electron chi connectivity index (χ1n) is 13.2. The zero-order chi connectivity index (χ0) is 24.7. The molecule has 2 aromatic rings. The third kappa shape index (κ3) is 4.93. The van der Waals surface area contributed by atoms with Crippen LogP contribution in [0.2, 0.25) is 0 Å². The Labute approximate surface area is 210 Å². The molecule has 4 aliphatic rings. The molecule has 2 atom stereocenters. The molecule has 2 aromatic carbocycles. The Morgan fingerprint density at radius 2 is 1.86 bits per heavy atom. The Morgan fingerprint density at radius 1 is 1.14 bits per heavy atom. The highest BCUT2D eigenvalue weighted by atomic mass is 16.6. The van der Waals surface area contributed by atoms with Crippen LogP contribution in [0.4, 0.5) is 4.79 Å². The van der Waals surface area contributed by atoms with Gasteiger partial charge in [0.1, 0.15) is 11.9 Å². The van der Waals surface area contributed by atoms with Crippen molar-refractivity contribution in [3.8, 4) is 16.9 Å². The summed E-state index contributed by atoms with van der Waals surface area (Å²) in [5.41, 5.74) is 5.92. The van der Waals surface area contributed by atoms with Crippen molar-refractivity contribution in [2.24, 2.45) is 17.3 Å². The van der Waals surface area contributed by atoms with Gasteiger partial charge in [-0.2, -0.15) is 0 Å². The highest BCUT2D eigenvalue weighted by Crippen LogP contribution is 2.48. The van der Waals surface area contributed by atoms with Gasteiger partial charge in [-0.05, 0) is 90.4 Å². The minimum Gasteiger partial charge on any atom is -0.496 e. The quantitative estimate of drug-likeness (QED) is 0.555. The minimum absolute atomic E-state index is 0.0112. The fourth-order valence-corrected chi connectivity index (χ4v) is 6.37. The molecule has 0 radical (unpaired) electrons. The van der Waals surface area contributed by atoms with Gasteiger partial charge < -0.3 is 14.8 Å². The van der Waals surface area contributed by atoms with Crippen LogP contribution < -0.4 is 10.1 Å². The molecule has 3 heterocycles. The van der Waals surface area contributed by atoms with Crippen molar-refractivity contribution in [3.05, 3.63) is 53.1 Å². The van der Waals surface area contributed by atoms with Crippen LogP contribution in [-0.2, 0) is 17.6 Å². The first-order valence-corrected chi connectivity index (χ1v) is 13.2. The van der Waals surface area contributed by atoms with Crippen LogP contribution >= 0.6 is 0 Å². The number of alkyl carbamates (subject to hydrolysis) is 1. The van der Waals surface area contributed by atoms with Gasteiger partial charge in [0.25, 0.3) is 0 Å². The predicted molar refractivity (Wildman–Crippen MR) is 140 cm³/mol. The molecule has 3 saturated heterocycles. The van der Waals surface area contributed by atoms with Gasteiger partial charge in [0.05, 0.1) is 13.2 Å². The van der Waals surface area contributed by atoms with Crippen LogP contribution in [0.25, 0.3) is 11.1 Å². The maximum atomic E-state index is 13.0. The lowest BCUT2D eigenvalue weighted by molar-refractivity contribution is -0.0349. The smallest absolute Gasteiger partial charge is 0.407 e. The number of piperidine rings is 3. The molecule has 5 nitrogen and oxygen atoms in total. The van der Waals surface area contributed by atoms with E-state index in [2.05, 4.69) is 74.3 Å². The largest absolute Gasteiger partial charge is 0.496 e. The van der Waals surface area contributed by atoms with Gasteiger partial charge in [0, 0.05) is 12.1 Å². The van der Waals surface area contributed by atoms with E-state index in [4.69, 9.17) is 9.47 Å². The van der Waals surface area contributed by atoms with Crippen LogP contribution in [-0.4, -0.2) is 43.8 Å². The van der Waals surface area contributed by atoms with Gasteiger partial charge in [0.15, 0.2) is 0 Å². The molecule has 188 valence electrons. The lowest BCUT2D eigenvalue weighted by atomic mass is 9.85. The number of fused-ring (bicyclic) bond motifs is 4. The van der Waals surface area contributed by atoms with Gasteiger partial charge in [-0.1, -0.05) is 52.0 Å². The second kappa shape index (κ2) is 9.50. The molecule has 3 fully saturated rings. The fraction of sp³-hybridized carbons (Fsp3) is 0.567. The van der Waals surface area contributed by atoms with Gasteiger partial charge in [-0.3, -0.25) is 4.90 Å². The Morgan fingerprint density at radius 3 is 2.46 bits per heavy atom. The molecule has 3 aliphatic heterocycles. The Kier molecular flexibility index (Phi) is 6.56. The highest BCUT2D eigenvalue weighted by Gasteiger charge is 2.42. The number of rotatable bonds is 6. The van der Waals surface area contributed by atoms with E-state index in [0.717, 1.165) is 67.8 Å². The summed E-state index contributed by atoms with van der Waals surface area (Å²) in [4.78, 5) is 15.4. The number of amides is 1. The summed E-state index contributed by atoms with van der Waals surface area (Å²) in [5, 5.41) is 3.23. The number of ether oxygens (including phenoxy) is 2. The molecule has 0 spiro atoms. The van der Waals surface area contributed by atoms with Crippen molar-refractivity contribution in [1.29, 1.82) is 0 Å². The van der Waals surface area contributed by atoms with Gasteiger partial charge in [-0.15, -0.1) is 0 Å². The third-order valence-corrected chi connectivity index (χ3v) is 8.23. The fourth-order valence-electron chi connectivity index (χ4n) is 6.37. The third-order valence-electron chi connectivity index (χ3n) is 8.23. The van der Waals surface area contributed by atoms with Gasteiger partial charge in [-0.25, -0.2) is 4.79 Å². The second-order valence-electron chi connectivity index (χ2n) is 11.9. The molecule has 1 unspecified atom stereocenters. The summed E-state index contributed by atoms with van der Waals surface area (Å²) in [7, 11) is 1.72. The summed E-state index contributed by atoms with van der Waals surface area (Å²) in [6, 6.07) is 13.1. The van der Waals surface area contributed by atoms with Crippen molar-refractivity contribution in [1.82, 2.24) is 10.2 Å². The summed E-state index contributed by atoms with van der Waals surface area (Å²) in [6.07, 6.45) is 3.96. The van der Waals surface area contributed by atoms with E-state index in [1.165, 1.54) is 11.1 Å². The Hall–Kier alpha value is -2.53. The standard InChI is InChI=1S/C30H40N2O3/c1-19(2)14-20-6-8-21(9-7-20)24-15-23-17-30(3,4)28(25(23)16-26(24)34-5)31-29(33)35-27-18-32-12-10-22(27)11-13-32/h6-9,15-16,19,22,27-28H,10-14,17-18H2,1-5H3,(H,31,33)/t27-,28?/m1/s1. The SMILES string of the molecule is COc1cc2c(cc1-c1ccc(CC(C)C)cc1)CC(C)(C)C2NC(=O)O[C@@H]1CN2CCC1CC2. The van der Waals surface area contributed by atoms with Crippen LogP contribution in [0.5, 0.6) is 5.75 Å². The van der Waals surface area contributed by atoms with E-state index in [1.807, 2.05) is 0 Å². The van der Waals surface area contributed by atoms with E-state index >= 15 is 0 Å². The molecule has 35 heavy (non-hydrogen) atoms. The second-order valence-corrected chi connectivity index (χ2v) is 11.9. The van der Waals surface area contributed by atoms with Crippen LogP contribution in [0, 0.1) is 17.3 Å². The van der Waals surface area contributed by atoms with Gasteiger partial charge in [0.2, 0.25) is 0 Å². The number of nitrogens with one attached hydrogen (secondary N) is 1. The average Bonchev–Trinajstić information content (AvgIpc) is 3.07. The van der Waals surface area contributed by atoms with Crippen molar-refractivity contribution in [2.45, 2.75) is 65.5 Å². The van der Waals surface area contributed by atoms with Crippen molar-refractivity contribution in [2.75, 3.05) is 26.7 Å².